The van der Waals surface area contributed by atoms with E-state index in [4.69, 9.17) is 0 Å². The van der Waals surface area contributed by atoms with Gasteiger partial charge in [0.2, 0.25) is 9.84 Å². The van der Waals surface area contributed by atoms with Gasteiger partial charge in [0.15, 0.2) is 0 Å². The van der Waals surface area contributed by atoms with Crippen LogP contribution in [0.5, 0.6) is 0 Å². The van der Waals surface area contributed by atoms with Crippen LogP contribution in [0.2, 0.25) is 0 Å². The smallest absolute Gasteiger partial charge is 0.257 e. The molecule has 0 saturated carbocycles. The number of halogens is 1. The van der Waals surface area contributed by atoms with Crippen molar-refractivity contribution < 1.29 is 18.0 Å². The number of sulfone groups is 1. The monoisotopic (exact) mass is 518 g/mol. The Hall–Kier alpha value is -2.79. The van der Waals surface area contributed by atoms with E-state index in [0.29, 0.717) is 12.5 Å². The molecule has 8 nitrogen and oxygen atoms in total. The summed E-state index contributed by atoms with van der Waals surface area (Å²) in [6, 6.07) is 10.3. The number of benzene rings is 2. The molecule has 2 aliphatic heterocycles. The molecule has 0 radical (unpaired) electrons. The third-order valence-electron chi connectivity index (χ3n) is 5.88. The van der Waals surface area contributed by atoms with Crippen molar-refractivity contribution in [3.05, 3.63) is 69.7 Å². The van der Waals surface area contributed by atoms with Gasteiger partial charge >= 0.3 is 0 Å². The lowest BCUT2D eigenvalue weighted by Crippen LogP contribution is -2.26. The number of thiazole rings is 1. The molecule has 34 heavy (non-hydrogen) atoms. The van der Waals surface area contributed by atoms with Crippen LogP contribution in [0.25, 0.3) is 0 Å². The molecule has 1 aromatic heterocycles. The van der Waals surface area contributed by atoms with Crippen LogP contribution in [0.1, 0.15) is 49.4 Å². The summed E-state index contributed by atoms with van der Waals surface area (Å²) < 4.78 is 26.2. The number of aromatic nitrogens is 1. The van der Waals surface area contributed by atoms with Crippen molar-refractivity contribution in [2.45, 2.75) is 35.1 Å². The summed E-state index contributed by atoms with van der Waals surface area (Å²) in [6.07, 6.45) is 3.92. The number of carbonyl (C=O) groups excluding carboxylic acids is 2. The van der Waals surface area contributed by atoms with Crippen molar-refractivity contribution in [2.24, 2.45) is 0 Å². The lowest BCUT2D eigenvalue weighted by Gasteiger charge is -2.20. The Morgan fingerprint density at radius 3 is 2.68 bits per heavy atom. The van der Waals surface area contributed by atoms with E-state index in [0.717, 1.165) is 35.8 Å². The van der Waals surface area contributed by atoms with Crippen LogP contribution in [0.3, 0.4) is 0 Å². The molecular weight excluding hydrogens is 496 g/mol. The number of fused-ring (bicyclic) bond motifs is 2. The summed E-state index contributed by atoms with van der Waals surface area (Å²) >= 11 is 1.61. The number of rotatable bonds is 4. The quantitative estimate of drug-likeness (QED) is 0.487. The lowest BCUT2D eigenvalue weighted by atomic mass is 9.99. The third-order valence-corrected chi connectivity index (χ3v) is 8.91. The first-order chi connectivity index (χ1) is 15.9. The first kappa shape index (κ1) is 24.3. The largest absolute Gasteiger partial charge is 0.347 e. The van der Waals surface area contributed by atoms with Gasteiger partial charge in [0, 0.05) is 22.6 Å². The van der Waals surface area contributed by atoms with E-state index in [-0.39, 0.29) is 44.9 Å². The minimum Gasteiger partial charge on any atom is -0.347 e. The molecule has 0 aliphatic carbocycles. The molecule has 2 aromatic carbocycles. The van der Waals surface area contributed by atoms with Gasteiger partial charge in [-0.05, 0) is 56.3 Å². The van der Waals surface area contributed by atoms with Gasteiger partial charge in [0.1, 0.15) is 0 Å². The molecule has 1 saturated heterocycles. The van der Waals surface area contributed by atoms with Crippen LogP contribution in [0.4, 0.5) is 5.69 Å². The number of amides is 2. The number of hydrogen-bond donors (Lipinski definition) is 3. The fraction of sp³-hybridized carbons (Fsp3) is 0.261. The van der Waals surface area contributed by atoms with Crippen molar-refractivity contribution in [1.29, 1.82) is 0 Å². The van der Waals surface area contributed by atoms with Crippen molar-refractivity contribution >= 4 is 51.1 Å². The first-order valence-electron chi connectivity index (χ1n) is 10.7. The Balaban J connectivity index is 0.00000274. The molecule has 11 heteroatoms. The topological polar surface area (TPSA) is 117 Å². The Morgan fingerprint density at radius 1 is 1.12 bits per heavy atom. The number of hydrogen-bond acceptors (Lipinski definition) is 7. The van der Waals surface area contributed by atoms with E-state index in [1.807, 2.05) is 0 Å². The van der Waals surface area contributed by atoms with Crippen molar-refractivity contribution in [3.63, 3.8) is 0 Å². The summed E-state index contributed by atoms with van der Waals surface area (Å²) in [5.41, 5.74) is 0.433. The minimum atomic E-state index is -3.90. The van der Waals surface area contributed by atoms with E-state index >= 15 is 0 Å². The van der Waals surface area contributed by atoms with Crippen LogP contribution in [0.15, 0.2) is 58.5 Å². The molecule has 2 amide bonds. The van der Waals surface area contributed by atoms with Crippen LogP contribution < -0.4 is 16.0 Å². The van der Waals surface area contributed by atoms with E-state index in [1.54, 1.807) is 29.7 Å². The molecule has 178 valence electrons. The van der Waals surface area contributed by atoms with Gasteiger partial charge in [0.05, 0.1) is 32.6 Å². The Kier molecular flexibility index (Phi) is 7.04. The highest BCUT2D eigenvalue weighted by molar-refractivity contribution is 7.91. The zero-order valence-electron chi connectivity index (χ0n) is 18.0. The fourth-order valence-corrected chi connectivity index (χ4v) is 6.75. The summed E-state index contributed by atoms with van der Waals surface area (Å²) in [5.74, 6) is -0.427. The van der Waals surface area contributed by atoms with Gasteiger partial charge in [-0.2, -0.15) is 0 Å². The maximum Gasteiger partial charge on any atom is 0.257 e. The molecule has 5 rings (SSSR count). The standard InChI is InChI=1S/C23H22N4O4S2.ClH/c28-21(25-12-16-13-26-23(32-16)14-7-9-24-10-8-14)15-5-6-20-18(11-15)27-22(29)17-3-1-2-4-19(17)33(20,30)31;/h1-6,11,13-14,24H,7-10,12H2,(H,25,28)(H,27,29);1H. The predicted octanol–water partition coefficient (Wildman–Crippen LogP) is 3.36. The second kappa shape index (κ2) is 9.83. The third kappa shape index (κ3) is 4.58. The van der Waals surface area contributed by atoms with Crippen LogP contribution in [0, 0.1) is 0 Å². The summed E-state index contributed by atoms with van der Waals surface area (Å²) in [7, 11) is -3.90. The van der Waals surface area contributed by atoms with Gasteiger partial charge < -0.3 is 16.0 Å². The highest BCUT2D eigenvalue weighted by atomic mass is 35.5. The van der Waals surface area contributed by atoms with E-state index < -0.39 is 15.7 Å². The highest BCUT2D eigenvalue weighted by Crippen LogP contribution is 2.34. The first-order valence-corrected chi connectivity index (χ1v) is 13.0. The van der Waals surface area contributed by atoms with Crippen molar-refractivity contribution in [3.8, 4) is 0 Å². The number of anilines is 1. The van der Waals surface area contributed by atoms with Crippen LogP contribution >= 0.6 is 23.7 Å². The maximum absolute atomic E-state index is 13.1. The average Bonchev–Trinajstić information content (AvgIpc) is 3.29. The predicted molar refractivity (Wildman–Crippen MR) is 132 cm³/mol. The molecule has 3 heterocycles. The molecule has 3 N–H and O–H groups in total. The lowest BCUT2D eigenvalue weighted by molar-refractivity contribution is 0.0949. The molecule has 3 aromatic rings. The van der Waals surface area contributed by atoms with Gasteiger partial charge in [0.25, 0.3) is 11.8 Å². The fourth-order valence-electron chi connectivity index (χ4n) is 4.13. The Labute approximate surface area is 207 Å². The number of nitrogens with zero attached hydrogens (tertiary/aromatic N) is 1. The van der Waals surface area contributed by atoms with E-state index in [1.165, 1.54) is 30.3 Å². The molecule has 0 bridgehead atoms. The average molecular weight is 519 g/mol. The molecule has 1 fully saturated rings. The van der Waals surface area contributed by atoms with Crippen LogP contribution in [-0.2, 0) is 16.4 Å². The normalized spacial score (nSPS) is 16.9. The minimum absolute atomic E-state index is 0. The second-order valence-corrected chi connectivity index (χ2v) is 11.1. The van der Waals surface area contributed by atoms with Crippen LogP contribution in [-0.4, -0.2) is 38.3 Å². The zero-order valence-corrected chi connectivity index (χ0v) is 20.5. The highest BCUT2D eigenvalue weighted by Gasteiger charge is 2.31. The maximum atomic E-state index is 13.1. The molecular formula is C23H23ClN4O4S2. The number of piperidine rings is 1. The van der Waals surface area contributed by atoms with Gasteiger partial charge in [-0.25, -0.2) is 13.4 Å². The van der Waals surface area contributed by atoms with Gasteiger partial charge in [-0.15, -0.1) is 23.7 Å². The Bertz CT molecular complexity index is 1350. The number of carbonyl (C=O) groups is 2. The summed E-state index contributed by atoms with van der Waals surface area (Å²) in [6.45, 7) is 2.31. The second-order valence-electron chi connectivity index (χ2n) is 8.04. The van der Waals surface area contributed by atoms with Crippen molar-refractivity contribution in [2.75, 3.05) is 18.4 Å². The SMILES string of the molecule is Cl.O=C(NCc1cnc(C2CCNCC2)s1)c1ccc2c(c1)NC(=O)c1ccccc1S2(=O)=O. The molecule has 0 spiro atoms. The van der Waals surface area contributed by atoms with Gasteiger partial charge in [-0.1, -0.05) is 12.1 Å². The van der Waals surface area contributed by atoms with E-state index in [9.17, 15) is 18.0 Å². The Morgan fingerprint density at radius 2 is 1.88 bits per heavy atom. The van der Waals surface area contributed by atoms with Crippen molar-refractivity contribution in [1.82, 2.24) is 15.6 Å². The van der Waals surface area contributed by atoms with Gasteiger partial charge in [-0.3, -0.25) is 9.59 Å². The van der Waals surface area contributed by atoms with E-state index in [2.05, 4.69) is 20.9 Å². The number of nitrogens with one attached hydrogen (secondary N) is 3. The zero-order chi connectivity index (χ0) is 23.0. The molecule has 0 atom stereocenters. The molecule has 2 aliphatic rings. The summed E-state index contributed by atoms with van der Waals surface area (Å²) in [5, 5.41) is 9.93. The molecule has 0 unspecified atom stereocenters. The summed E-state index contributed by atoms with van der Waals surface area (Å²) in [4.78, 5) is 30.8.